The van der Waals surface area contributed by atoms with Crippen LogP contribution in [0.5, 0.6) is 0 Å². The van der Waals surface area contributed by atoms with Crippen LogP contribution in [0.15, 0.2) is 22.9 Å². The predicted octanol–water partition coefficient (Wildman–Crippen LogP) is 3.12. The molecule has 2 rings (SSSR count). The molecule has 1 N–H and O–H groups in total. The van der Waals surface area contributed by atoms with Crippen molar-refractivity contribution in [3.8, 4) is 0 Å². The molecule has 92 valence electrons. The number of aromatic nitrogens is 1. The first kappa shape index (κ1) is 12.5. The second-order valence-electron chi connectivity index (χ2n) is 4.00. The molecule has 0 saturated carbocycles. The van der Waals surface area contributed by atoms with Crippen LogP contribution in [-0.4, -0.2) is 19.1 Å². The van der Waals surface area contributed by atoms with E-state index >= 15 is 0 Å². The second kappa shape index (κ2) is 5.62. The highest BCUT2D eigenvalue weighted by molar-refractivity contribution is 7.13. The molecule has 0 aliphatic carbocycles. The lowest BCUT2D eigenvalue weighted by molar-refractivity contribution is 0.636. The summed E-state index contributed by atoms with van der Waals surface area (Å²) in [7, 11) is 4.05. The van der Waals surface area contributed by atoms with Crippen LogP contribution >= 0.6 is 22.7 Å². The van der Waals surface area contributed by atoms with Crippen LogP contribution in [0.4, 0.5) is 5.13 Å². The zero-order valence-corrected chi connectivity index (χ0v) is 11.9. The summed E-state index contributed by atoms with van der Waals surface area (Å²) in [5, 5.41) is 8.52. The lowest BCUT2D eigenvalue weighted by Gasteiger charge is -2.14. The first-order valence-electron chi connectivity index (χ1n) is 5.57. The first-order valence-corrected chi connectivity index (χ1v) is 7.33. The molecule has 0 aliphatic rings. The molecule has 0 bridgehead atoms. The van der Waals surface area contributed by atoms with Gasteiger partial charge in [0.15, 0.2) is 5.13 Å². The maximum Gasteiger partial charge on any atom is 0.185 e. The van der Waals surface area contributed by atoms with Crippen molar-refractivity contribution < 1.29 is 0 Å². The third-order valence-electron chi connectivity index (χ3n) is 2.69. The summed E-state index contributed by atoms with van der Waals surface area (Å²) >= 11 is 3.49. The minimum Gasteiger partial charge on any atom is -0.346 e. The lowest BCUT2D eigenvalue weighted by Crippen LogP contribution is -2.16. The van der Waals surface area contributed by atoms with Crippen LogP contribution in [-0.2, 0) is 6.54 Å². The molecule has 2 heterocycles. The Labute approximate surface area is 110 Å². The molecule has 0 aliphatic heterocycles. The highest BCUT2D eigenvalue weighted by Crippen LogP contribution is 2.24. The van der Waals surface area contributed by atoms with E-state index in [1.807, 2.05) is 7.05 Å². The second-order valence-corrected chi connectivity index (χ2v) is 5.87. The third-order valence-corrected chi connectivity index (χ3v) is 4.52. The normalized spacial score (nSPS) is 12.6. The van der Waals surface area contributed by atoms with Crippen molar-refractivity contribution in [2.45, 2.75) is 19.5 Å². The average molecular weight is 267 g/mol. The van der Waals surface area contributed by atoms with E-state index in [-0.39, 0.29) is 0 Å². The Balaban J connectivity index is 2.04. The standard InChI is InChI=1S/C12H17N3S2/c1-9(13-2)11-8-17-12(14-11)15(3)7-10-5-4-6-16-10/h4-6,8-9,13H,7H2,1-3H3. The maximum atomic E-state index is 4.65. The van der Waals surface area contributed by atoms with E-state index in [1.165, 1.54) is 4.88 Å². The average Bonchev–Trinajstić information content (AvgIpc) is 2.98. The van der Waals surface area contributed by atoms with Crippen molar-refractivity contribution in [1.82, 2.24) is 10.3 Å². The molecule has 5 heteroatoms. The quantitative estimate of drug-likeness (QED) is 0.902. The number of anilines is 1. The van der Waals surface area contributed by atoms with Crippen molar-refractivity contribution in [2.75, 3.05) is 19.0 Å². The van der Waals surface area contributed by atoms with Crippen LogP contribution in [0, 0.1) is 0 Å². The topological polar surface area (TPSA) is 28.2 Å². The number of hydrogen-bond acceptors (Lipinski definition) is 5. The Morgan fingerprint density at radius 1 is 1.47 bits per heavy atom. The molecule has 0 spiro atoms. The fraction of sp³-hybridized carbons (Fsp3) is 0.417. The Morgan fingerprint density at radius 2 is 2.29 bits per heavy atom. The van der Waals surface area contributed by atoms with Crippen LogP contribution in [0.3, 0.4) is 0 Å². The minimum absolute atomic E-state index is 0.315. The van der Waals surface area contributed by atoms with Crippen molar-refractivity contribution in [1.29, 1.82) is 0 Å². The van der Waals surface area contributed by atoms with Crippen LogP contribution in [0.1, 0.15) is 23.5 Å². The van der Waals surface area contributed by atoms with Gasteiger partial charge in [0.1, 0.15) is 0 Å². The van der Waals surface area contributed by atoms with Crippen LogP contribution in [0.2, 0.25) is 0 Å². The molecule has 1 unspecified atom stereocenters. The maximum absolute atomic E-state index is 4.65. The Morgan fingerprint density at radius 3 is 2.94 bits per heavy atom. The van der Waals surface area contributed by atoms with Gasteiger partial charge in [-0.3, -0.25) is 0 Å². The molecule has 0 amide bonds. The number of thiazole rings is 1. The summed E-state index contributed by atoms with van der Waals surface area (Å²) in [6, 6.07) is 4.56. The molecule has 2 aromatic rings. The van der Waals surface area contributed by atoms with Gasteiger partial charge in [0, 0.05) is 23.3 Å². The van der Waals surface area contributed by atoms with Crippen molar-refractivity contribution in [2.24, 2.45) is 0 Å². The van der Waals surface area contributed by atoms with Gasteiger partial charge >= 0.3 is 0 Å². The summed E-state index contributed by atoms with van der Waals surface area (Å²) in [5.41, 5.74) is 1.12. The number of hydrogen-bond donors (Lipinski definition) is 1. The zero-order valence-electron chi connectivity index (χ0n) is 10.3. The van der Waals surface area contributed by atoms with E-state index in [9.17, 15) is 0 Å². The molecular weight excluding hydrogens is 250 g/mol. The van der Waals surface area contributed by atoms with Gasteiger partial charge in [-0.25, -0.2) is 4.98 Å². The largest absolute Gasteiger partial charge is 0.346 e. The van der Waals surface area contributed by atoms with E-state index in [4.69, 9.17) is 0 Å². The summed E-state index contributed by atoms with van der Waals surface area (Å²) in [6.07, 6.45) is 0. The van der Waals surface area contributed by atoms with Crippen molar-refractivity contribution >= 4 is 27.8 Å². The highest BCUT2D eigenvalue weighted by atomic mass is 32.1. The molecule has 17 heavy (non-hydrogen) atoms. The van der Waals surface area contributed by atoms with Gasteiger partial charge in [-0.15, -0.1) is 22.7 Å². The molecule has 1 atom stereocenters. The fourth-order valence-corrected chi connectivity index (χ4v) is 3.15. The van der Waals surface area contributed by atoms with E-state index < -0.39 is 0 Å². The summed E-state index contributed by atoms with van der Waals surface area (Å²) in [4.78, 5) is 8.21. The number of nitrogens with zero attached hydrogens (tertiary/aromatic N) is 2. The SMILES string of the molecule is CNC(C)c1csc(N(C)Cc2cccs2)n1. The predicted molar refractivity (Wildman–Crippen MR) is 76.0 cm³/mol. The molecule has 0 saturated heterocycles. The summed E-state index contributed by atoms with van der Waals surface area (Å²) < 4.78 is 0. The van der Waals surface area contributed by atoms with Gasteiger partial charge in [-0.1, -0.05) is 6.07 Å². The minimum atomic E-state index is 0.315. The van der Waals surface area contributed by atoms with E-state index in [0.717, 1.165) is 17.4 Å². The van der Waals surface area contributed by atoms with Gasteiger partial charge in [-0.2, -0.15) is 0 Å². The van der Waals surface area contributed by atoms with Gasteiger partial charge < -0.3 is 10.2 Å². The molecule has 0 radical (unpaired) electrons. The van der Waals surface area contributed by atoms with E-state index in [0.29, 0.717) is 6.04 Å². The van der Waals surface area contributed by atoms with Crippen LogP contribution < -0.4 is 10.2 Å². The molecule has 3 nitrogen and oxygen atoms in total. The Bertz CT molecular complexity index is 450. The Hall–Kier alpha value is -0.910. The smallest absolute Gasteiger partial charge is 0.185 e. The Kier molecular flexibility index (Phi) is 4.15. The summed E-state index contributed by atoms with van der Waals surface area (Å²) in [6.45, 7) is 3.05. The third kappa shape index (κ3) is 3.06. The van der Waals surface area contributed by atoms with Gasteiger partial charge in [0.05, 0.1) is 12.2 Å². The molecular formula is C12H17N3S2. The number of thiophene rings is 1. The van der Waals surface area contributed by atoms with Gasteiger partial charge in [0.25, 0.3) is 0 Å². The van der Waals surface area contributed by atoms with Gasteiger partial charge in [0.2, 0.25) is 0 Å². The lowest BCUT2D eigenvalue weighted by atomic mass is 10.3. The highest BCUT2D eigenvalue weighted by Gasteiger charge is 2.11. The van der Waals surface area contributed by atoms with Crippen molar-refractivity contribution in [3.63, 3.8) is 0 Å². The van der Waals surface area contributed by atoms with Crippen molar-refractivity contribution in [3.05, 3.63) is 33.5 Å². The fourth-order valence-electron chi connectivity index (χ4n) is 1.50. The van der Waals surface area contributed by atoms with E-state index in [2.05, 4.69) is 52.1 Å². The zero-order chi connectivity index (χ0) is 12.3. The molecule has 0 aromatic carbocycles. The van der Waals surface area contributed by atoms with E-state index in [1.54, 1.807) is 22.7 Å². The molecule has 2 aromatic heterocycles. The summed E-state index contributed by atoms with van der Waals surface area (Å²) in [5.74, 6) is 0. The van der Waals surface area contributed by atoms with Gasteiger partial charge in [-0.05, 0) is 25.4 Å². The number of nitrogens with one attached hydrogen (secondary N) is 1. The molecule has 0 fully saturated rings. The monoisotopic (exact) mass is 267 g/mol. The van der Waals surface area contributed by atoms with Crippen LogP contribution in [0.25, 0.3) is 0 Å². The number of rotatable bonds is 5. The first-order chi connectivity index (χ1) is 8.20.